The van der Waals surface area contributed by atoms with Crippen LogP contribution < -0.4 is 11.1 Å². The third kappa shape index (κ3) is 3.04. The number of rotatable bonds is 3. The zero-order valence-electron chi connectivity index (χ0n) is 8.89. The van der Waals surface area contributed by atoms with Crippen molar-refractivity contribution in [3.63, 3.8) is 0 Å². The Bertz CT molecular complexity index is 321. The van der Waals surface area contributed by atoms with Crippen molar-refractivity contribution in [1.29, 1.82) is 0 Å². The van der Waals surface area contributed by atoms with Crippen LogP contribution in [-0.2, 0) is 0 Å². The highest BCUT2D eigenvalue weighted by atomic mass is 127. The van der Waals surface area contributed by atoms with Crippen molar-refractivity contribution in [3.05, 3.63) is 21.8 Å². The molecule has 0 aromatic heterocycles. The smallest absolute Gasteiger partial charge is 0.0481 e. The van der Waals surface area contributed by atoms with Crippen LogP contribution in [0.3, 0.4) is 0 Å². The molecule has 2 nitrogen and oxygen atoms in total. The van der Waals surface area contributed by atoms with Crippen molar-refractivity contribution in [2.45, 2.75) is 32.7 Å². The van der Waals surface area contributed by atoms with Gasteiger partial charge in [-0.15, -0.1) is 0 Å². The normalized spacial score (nSPS) is 11.4. The van der Waals surface area contributed by atoms with Gasteiger partial charge in [-0.05, 0) is 61.1 Å². The van der Waals surface area contributed by atoms with Crippen LogP contribution in [0.1, 0.15) is 27.2 Å². The molecule has 1 aromatic carbocycles. The Labute approximate surface area is 99.4 Å². The number of hydrogen-bond acceptors (Lipinski definition) is 2. The molecule has 0 saturated heterocycles. The average Bonchev–Trinajstić information content (AvgIpc) is 2.10. The fraction of sp³-hybridized carbons (Fsp3) is 0.455. The Hall–Kier alpha value is -0.450. The first kappa shape index (κ1) is 11.6. The maximum atomic E-state index is 5.69. The highest BCUT2D eigenvalue weighted by Gasteiger charge is 2.15. The molecule has 0 aliphatic heterocycles. The molecule has 0 heterocycles. The second-order valence-corrected chi connectivity index (χ2v) is 5.26. The van der Waals surface area contributed by atoms with Gasteiger partial charge in [0.05, 0.1) is 0 Å². The van der Waals surface area contributed by atoms with Gasteiger partial charge in [0.25, 0.3) is 0 Å². The predicted octanol–water partition coefficient (Wildman–Crippen LogP) is 3.47. The Morgan fingerprint density at radius 2 is 2.07 bits per heavy atom. The standard InChI is InChI=1S/C11H17IN2/c1-4-11(2,3)14-10-6-5-8(13)7-9(10)12/h5-7,14H,4,13H2,1-3H3. The van der Waals surface area contributed by atoms with Crippen LogP contribution in [0.25, 0.3) is 0 Å². The molecule has 0 aliphatic rings. The topological polar surface area (TPSA) is 38.0 Å². The van der Waals surface area contributed by atoms with E-state index in [0.29, 0.717) is 0 Å². The van der Waals surface area contributed by atoms with E-state index in [1.165, 1.54) is 3.57 Å². The summed E-state index contributed by atoms with van der Waals surface area (Å²) in [5.74, 6) is 0. The van der Waals surface area contributed by atoms with Gasteiger partial charge in [0.2, 0.25) is 0 Å². The average molecular weight is 304 g/mol. The van der Waals surface area contributed by atoms with E-state index in [9.17, 15) is 0 Å². The highest BCUT2D eigenvalue weighted by molar-refractivity contribution is 14.1. The van der Waals surface area contributed by atoms with Gasteiger partial charge in [0, 0.05) is 20.5 Å². The van der Waals surface area contributed by atoms with Crippen LogP contribution >= 0.6 is 22.6 Å². The predicted molar refractivity (Wildman–Crippen MR) is 71.6 cm³/mol. The minimum atomic E-state index is 0.135. The zero-order valence-corrected chi connectivity index (χ0v) is 11.1. The first-order valence-corrected chi connectivity index (χ1v) is 5.86. The fourth-order valence-corrected chi connectivity index (χ4v) is 1.76. The number of benzene rings is 1. The van der Waals surface area contributed by atoms with Crippen LogP contribution in [0.15, 0.2) is 18.2 Å². The molecular formula is C11H17IN2. The SMILES string of the molecule is CCC(C)(C)Nc1ccc(N)cc1I. The van der Waals surface area contributed by atoms with Gasteiger partial charge in [0.15, 0.2) is 0 Å². The summed E-state index contributed by atoms with van der Waals surface area (Å²) in [7, 11) is 0. The number of anilines is 2. The summed E-state index contributed by atoms with van der Waals surface area (Å²) in [6.07, 6.45) is 1.09. The molecule has 0 fully saturated rings. The summed E-state index contributed by atoms with van der Waals surface area (Å²) < 4.78 is 1.17. The monoisotopic (exact) mass is 304 g/mol. The van der Waals surface area contributed by atoms with E-state index < -0.39 is 0 Å². The van der Waals surface area contributed by atoms with E-state index in [1.54, 1.807) is 0 Å². The molecule has 0 bridgehead atoms. The third-order valence-electron chi connectivity index (χ3n) is 2.35. The molecule has 0 saturated carbocycles. The largest absolute Gasteiger partial charge is 0.399 e. The minimum Gasteiger partial charge on any atom is -0.399 e. The Kier molecular flexibility index (Phi) is 3.64. The molecule has 3 heteroatoms. The lowest BCUT2D eigenvalue weighted by atomic mass is 10.0. The van der Waals surface area contributed by atoms with E-state index >= 15 is 0 Å². The number of halogens is 1. The molecule has 0 aliphatic carbocycles. The van der Waals surface area contributed by atoms with Gasteiger partial charge in [0.1, 0.15) is 0 Å². The number of nitrogens with one attached hydrogen (secondary N) is 1. The second-order valence-electron chi connectivity index (χ2n) is 4.10. The van der Waals surface area contributed by atoms with Gasteiger partial charge >= 0.3 is 0 Å². The van der Waals surface area contributed by atoms with Crippen molar-refractivity contribution in [2.75, 3.05) is 11.1 Å². The molecule has 0 spiro atoms. The number of nitrogens with two attached hydrogens (primary N) is 1. The number of hydrogen-bond donors (Lipinski definition) is 2. The van der Waals surface area contributed by atoms with Crippen molar-refractivity contribution in [2.24, 2.45) is 0 Å². The van der Waals surface area contributed by atoms with E-state index in [2.05, 4.69) is 48.7 Å². The fourth-order valence-electron chi connectivity index (χ4n) is 1.09. The Morgan fingerprint density at radius 3 is 2.57 bits per heavy atom. The molecule has 14 heavy (non-hydrogen) atoms. The van der Waals surface area contributed by atoms with Gasteiger partial charge in [-0.25, -0.2) is 0 Å². The van der Waals surface area contributed by atoms with E-state index in [1.807, 2.05) is 18.2 Å². The maximum Gasteiger partial charge on any atom is 0.0481 e. The molecule has 0 radical (unpaired) electrons. The Balaban J connectivity index is 2.87. The van der Waals surface area contributed by atoms with Gasteiger partial charge in [-0.2, -0.15) is 0 Å². The lowest BCUT2D eigenvalue weighted by molar-refractivity contribution is 0.547. The van der Waals surface area contributed by atoms with Crippen molar-refractivity contribution in [1.82, 2.24) is 0 Å². The summed E-state index contributed by atoms with van der Waals surface area (Å²) >= 11 is 2.30. The summed E-state index contributed by atoms with van der Waals surface area (Å²) in [4.78, 5) is 0. The van der Waals surface area contributed by atoms with Crippen LogP contribution in [0.4, 0.5) is 11.4 Å². The molecule has 3 N–H and O–H groups in total. The quantitative estimate of drug-likeness (QED) is 0.663. The van der Waals surface area contributed by atoms with Crippen LogP contribution in [0, 0.1) is 3.57 Å². The highest BCUT2D eigenvalue weighted by Crippen LogP contribution is 2.25. The zero-order chi connectivity index (χ0) is 10.8. The summed E-state index contributed by atoms with van der Waals surface area (Å²) in [6.45, 7) is 6.57. The number of nitrogen functional groups attached to an aromatic ring is 1. The van der Waals surface area contributed by atoms with Gasteiger partial charge in [-0.1, -0.05) is 6.92 Å². The molecular weight excluding hydrogens is 287 g/mol. The van der Waals surface area contributed by atoms with E-state index in [4.69, 9.17) is 5.73 Å². The third-order valence-corrected chi connectivity index (χ3v) is 3.24. The van der Waals surface area contributed by atoms with Crippen molar-refractivity contribution >= 4 is 34.0 Å². The van der Waals surface area contributed by atoms with Gasteiger partial charge in [-0.3, -0.25) is 0 Å². The van der Waals surface area contributed by atoms with Gasteiger partial charge < -0.3 is 11.1 Å². The lowest BCUT2D eigenvalue weighted by Gasteiger charge is -2.26. The van der Waals surface area contributed by atoms with Crippen LogP contribution in [0.5, 0.6) is 0 Å². The van der Waals surface area contributed by atoms with E-state index in [-0.39, 0.29) is 5.54 Å². The minimum absolute atomic E-state index is 0.135. The molecule has 78 valence electrons. The van der Waals surface area contributed by atoms with E-state index in [0.717, 1.165) is 17.8 Å². The first-order chi connectivity index (χ1) is 6.44. The van der Waals surface area contributed by atoms with Crippen LogP contribution in [0.2, 0.25) is 0 Å². The molecule has 1 aromatic rings. The maximum absolute atomic E-state index is 5.69. The summed E-state index contributed by atoms with van der Waals surface area (Å²) in [6, 6.07) is 5.94. The lowest BCUT2D eigenvalue weighted by Crippen LogP contribution is -2.29. The first-order valence-electron chi connectivity index (χ1n) is 4.78. The summed E-state index contributed by atoms with van der Waals surface area (Å²) in [5, 5.41) is 3.50. The summed E-state index contributed by atoms with van der Waals surface area (Å²) in [5.41, 5.74) is 7.80. The molecule has 0 unspecified atom stereocenters. The molecule has 0 atom stereocenters. The van der Waals surface area contributed by atoms with Crippen molar-refractivity contribution in [3.8, 4) is 0 Å². The molecule has 0 amide bonds. The van der Waals surface area contributed by atoms with Crippen LogP contribution in [-0.4, -0.2) is 5.54 Å². The second kappa shape index (κ2) is 4.38. The molecule has 1 rings (SSSR count). The Morgan fingerprint density at radius 1 is 1.43 bits per heavy atom. The van der Waals surface area contributed by atoms with Crippen molar-refractivity contribution < 1.29 is 0 Å².